The first kappa shape index (κ1) is 21.3. The first-order valence-electron chi connectivity index (χ1n) is 13.3. The highest BCUT2D eigenvalue weighted by Crippen LogP contribution is 2.88. The minimum absolute atomic E-state index is 0.331. The fraction of sp³-hybridized carbons (Fsp3) is 0.897. The van der Waals surface area contributed by atoms with Gasteiger partial charge in [0.05, 0.1) is 0 Å². The second-order valence-corrected chi connectivity index (χ2v) is 13.4. The van der Waals surface area contributed by atoms with E-state index in [4.69, 9.17) is 0 Å². The minimum Gasteiger partial charge on any atom is -0.299 e. The van der Waals surface area contributed by atoms with Crippen molar-refractivity contribution in [1.29, 1.82) is 0 Å². The van der Waals surface area contributed by atoms with Crippen LogP contribution in [0.1, 0.15) is 112 Å². The Balaban J connectivity index is 1.39. The molecule has 1 heteroatoms. The van der Waals surface area contributed by atoms with Crippen molar-refractivity contribution in [3.05, 3.63) is 12.2 Å². The Morgan fingerprint density at radius 1 is 1.03 bits per heavy atom. The maximum atomic E-state index is 12.5. The molecule has 5 aliphatic rings. The van der Waals surface area contributed by atoms with Crippen molar-refractivity contribution < 1.29 is 4.79 Å². The summed E-state index contributed by atoms with van der Waals surface area (Å²) in [4.78, 5) is 12.5. The van der Waals surface area contributed by atoms with E-state index in [2.05, 4.69) is 41.2 Å². The summed E-state index contributed by atoms with van der Waals surface area (Å²) in [7, 11) is 0. The van der Waals surface area contributed by atoms with Gasteiger partial charge in [-0.05, 0) is 110 Å². The highest BCUT2D eigenvalue weighted by molar-refractivity contribution is 5.82. The third-order valence-corrected chi connectivity index (χ3v) is 12.2. The third kappa shape index (κ3) is 2.50. The van der Waals surface area contributed by atoms with Crippen LogP contribution in [-0.4, -0.2) is 5.78 Å². The van der Waals surface area contributed by atoms with Crippen LogP contribution >= 0.6 is 0 Å². The van der Waals surface area contributed by atoms with E-state index in [-0.39, 0.29) is 0 Å². The maximum Gasteiger partial charge on any atom is 0.136 e. The summed E-state index contributed by atoms with van der Waals surface area (Å²) < 4.78 is 0. The van der Waals surface area contributed by atoms with E-state index in [1.165, 1.54) is 70.6 Å². The molecule has 0 aromatic rings. The lowest BCUT2D eigenvalue weighted by atomic mass is 9.43. The van der Waals surface area contributed by atoms with Crippen LogP contribution in [0, 0.1) is 51.2 Å². The molecule has 0 bridgehead atoms. The van der Waals surface area contributed by atoms with Crippen LogP contribution in [0.25, 0.3) is 0 Å². The SMILES string of the molecule is C=C(CCCC(C)C)C1CCC2(C)C3CCC4C(C)C(=O)CCC45CC35CCC12C. The van der Waals surface area contributed by atoms with Gasteiger partial charge in [0.25, 0.3) is 0 Å². The van der Waals surface area contributed by atoms with E-state index in [0.717, 1.165) is 24.2 Å². The largest absolute Gasteiger partial charge is 0.299 e. The van der Waals surface area contributed by atoms with Crippen molar-refractivity contribution in [3.8, 4) is 0 Å². The summed E-state index contributed by atoms with van der Waals surface area (Å²) >= 11 is 0. The molecule has 0 radical (unpaired) electrons. The Hall–Kier alpha value is -0.590. The number of rotatable bonds is 5. The molecule has 0 aromatic heterocycles. The van der Waals surface area contributed by atoms with E-state index in [0.29, 0.717) is 39.3 Å². The molecule has 0 N–H and O–H groups in total. The summed E-state index contributed by atoms with van der Waals surface area (Å²) in [6, 6.07) is 0. The van der Waals surface area contributed by atoms with Crippen LogP contribution in [-0.2, 0) is 4.79 Å². The van der Waals surface area contributed by atoms with Gasteiger partial charge in [-0.3, -0.25) is 4.79 Å². The van der Waals surface area contributed by atoms with Gasteiger partial charge >= 0.3 is 0 Å². The lowest BCUT2D eigenvalue weighted by Gasteiger charge is -2.61. The van der Waals surface area contributed by atoms with Gasteiger partial charge in [0.15, 0.2) is 0 Å². The Labute approximate surface area is 185 Å². The average molecular weight is 411 g/mol. The predicted octanol–water partition coefficient (Wildman–Crippen LogP) is 7.99. The summed E-state index contributed by atoms with van der Waals surface area (Å²) in [6.07, 6.45) is 15.8. The second-order valence-electron chi connectivity index (χ2n) is 13.4. The molecule has 0 amide bonds. The van der Waals surface area contributed by atoms with Crippen molar-refractivity contribution in [3.63, 3.8) is 0 Å². The molecule has 0 aromatic carbocycles. The molecule has 8 unspecified atom stereocenters. The lowest BCUT2D eigenvalue weighted by Crippen LogP contribution is -2.55. The molecule has 30 heavy (non-hydrogen) atoms. The normalized spacial score (nSPS) is 51.7. The Morgan fingerprint density at radius 3 is 2.53 bits per heavy atom. The monoisotopic (exact) mass is 410 g/mol. The molecule has 5 fully saturated rings. The molecular formula is C29H46O. The van der Waals surface area contributed by atoms with Crippen LogP contribution in [0.15, 0.2) is 12.2 Å². The lowest BCUT2D eigenvalue weighted by molar-refractivity contribution is -0.143. The van der Waals surface area contributed by atoms with Gasteiger partial charge in [-0.2, -0.15) is 0 Å². The van der Waals surface area contributed by atoms with Crippen LogP contribution in [0.5, 0.6) is 0 Å². The molecule has 0 saturated heterocycles. The van der Waals surface area contributed by atoms with Gasteiger partial charge < -0.3 is 0 Å². The summed E-state index contributed by atoms with van der Waals surface area (Å²) in [5.41, 5.74) is 3.64. The van der Waals surface area contributed by atoms with E-state index in [9.17, 15) is 4.79 Å². The Morgan fingerprint density at radius 2 is 1.80 bits per heavy atom. The van der Waals surface area contributed by atoms with Crippen molar-refractivity contribution in [2.45, 2.75) is 112 Å². The first-order valence-corrected chi connectivity index (χ1v) is 13.3. The average Bonchev–Trinajstić information content (AvgIpc) is 3.27. The topological polar surface area (TPSA) is 17.1 Å². The van der Waals surface area contributed by atoms with Crippen molar-refractivity contribution in [2.24, 2.45) is 51.2 Å². The number of ketones is 1. The first-order chi connectivity index (χ1) is 14.1. The number of allylic oxidation sites excluding steroid dienone is 1. The number of Topliss-reactive ketones (excluding diaryl/α,β-unsaturated/α-hetero) is 1. The van der Waals surface area contributed by atoms with Gasteiger partial charge in [-0.15, -0.1) is 0 Å². The van der Waals surface area contributed by atoms with E-state index >= 15 is 0 Å². The zero-order chi connectivity index (χ0) is 21.5. The Kier molecular flexibility index (Phi) is 4.75. The van der Waals surface area contributed by atoms with E-state index in [1.54, 1.807) is 5.57 Å². The molecule has 5 aliphatic carbocycles. The zero-order valence-electron chi connectivity index (χ0n) is 20.5. The summed E-state index contributed by atoms with van der Waals surface area (Å²) in [5.74, 6) is 4.04. The minimum atomic E-state index is 0.331. The van der Waals surface area contributed by atoms with E-state index < -0.39 is 0 Å². The van der Waals surface area contributed by atoms with Crippen LogP contribution in [0.4, 0.5) is 0 Å². The summed E-state index contributed by atoms with van der Waals surface area (Å²) in [6.45, 7) is 17.0. The highest BCUT2D eigenvalue weighted by atomic mass is 16.1. The molecule has 5 saturated carbocycles. The van der Waals surface area contributed by atoms with Crippen LogP contribution in [0.2, 0.25) is 0 Å². The highest BCUT2D eigenvalue weighted by Gasteiger charge is 2.81. The standard InChI is InChI=1S/C29H46O/c1-19(2)8-7-9-20(3)22-12-14-27(6)25-11-10-23-21(4)24(30)13-15-28(23)18-29(25,28)17-16-26(22,27)5/h19,21-23,25H,3,7-18H2,1-2,4-6H3. The van der Waals surface area contributed by atoms with Gasteiger partial charge in [0, 0.05) is 12.3 Å². The number of hydrogen-bond acceptors (Lipinski definition) is 1. The van der Waals surface area contributed by atoms with Crippen LogP contribution in [0.3, 0.4) is 0 Å². The van der Waals surface area contributed by atoms with Gasteiger partial charge in [0.2, 0.25) is 0 Å². The quantitative estimate of drug-likeness (QED) is 0.420. The van der Waals surface area contributed by atoms with E-state index in [1.807, 2.05) is 0 Å². The molecule has 5 rings (SSSR count). The third-order valence-electron chi connectivity index (χ3n) is 12.2. The van der Waals surface area contributed by atoms with Crippen molar-refractivity contribution in [1.82, 2.24) is 0 Å². The molecule has 8 atom stereocenters. The fourth-order valence-corrected chi connectivity index (χ4v) is 10.4. The maximum absolute atomic E-state index is 12.5. The number of fused-ring (bicyclic) bond motifs is 2. The Bertz CT molecular complexity index is 749. The smallest absolute Gasteiger partial charge is 0.136 e. The predicted molar refractivity (Wildman–Crippen MR) is 125 cm³/mol. The number of carbonyl (C=O) groups excluding carboxylic acids is 1. The van der Waals surface area contributed by atoms with Crippen LogP contribution < -0.4 is 0 Å². The molecule has 1 nitrogen and oxygen atoms in total. The number of carbonyl (C=O) groups is 1. The molecular weight excluding hydrogens is 364 g/mol. The molecule has 0 heterocycles. The molecule has 168 valence electrons. The number of hydrogen-bond donors (Lipinski definition) is 0. The fourth-order valence-electron chi connectivity index (χ4n) is 10.4. The van der Waals surface area contributed by atoms with Gasteiger partial charge in [-0.25, -0.2) is 0 Å². The zero-order valence-corrected chi connectivity index (χ0v) is 20.5. The summed E-state index contributed by atoms with van der Waals surface area (Å²) in [5, 5.41) is 0. The van der Waals surface area contributed by atoms with Gasteiger partial charge in [0.1, 0.15) is 5.78 Å². The second kappa shape index (κ2) is 6.71. The van der Waals surface area contributed by atoms with Gasteiger partial charge in [-0.1, -0.05) is 53.2 Å². The molecule has 0 aliphatic heterocycles. The molecule has 2 spiro atoms. The van der Waals surface area contributed by atoms with Crippen molar-refractivity contribution in [2.75, 3.05) is 0 Å². The van der Waals surface area contributed by atoms with Crippen molar-refractivity contribution >= 4 is 5.78 Å².